The number of carbonyl (C=O) groups excluding carboxylic acids is 1. The number of hydrogen-bond acceptors (Lipinski definition) is 6. The van der Waals surface area contributed by atoms with Gasteiger partial charge in [0, 0.05) is 57.9 Å². The van der Waals surface area contributed by atoms with Crippen LogP contribution in [0.3, 0.4) is 0 Å². The number of methoxy groups -OCH3 is 1. The van der Waals surface area contributed by atoms with Crippen molar-refractivity contribution >= 4 is 5.91 Å². The zero-order valence-corrected chi connectivity index (χ0v) is 15.1. The summed E-state index contributed by atoms with van der Waals surface area (Å²) in [6, 6.07) is 1.66. The fourth-order valence-electron chi connectivity index (χ4n) is 3.54. The van der Waals surface area contributed by atoms with E-state index in [1.165, 1.54) is 0 Å². The lowest BCUT2D eigenvalue weighted by molar-refractivity contribution is -0.0283. The molecule has 0 radical (unpaired) electrons. The van der Waals surface area contributed by atoms with Crippen LogP contribution < -0.4 is 10.1 Å². The molecular formula is C17H28N4O4. The van der Waals surface area contributed by atoms with Crippen molar-refractivity contribution in [3.63, 3.8) is 0 Å². The molecule has 3 rings (SSSR count). The summed E-state index contributed by atoms with van der Waals surface area (Å²) in [6.07, 6.45) is 1.91. The molecule has 0 aliphatic carbocycles. The average Bonchev–Trinajstić information content (AvgIpc) is 3.02. The van der Waals surface area contributed by atoms with Gasteiger partial charge in [0.1, 0.15) is 0 Å². The number of carbonyl (C=O) groups is 1. The minimum atomic E-state index is -0.160. The lowest BCUT2D eigenvalue weighted by Crippen LogP contribution is -2.50. The molecule has 8 nitrogen and oxygen atoms in total. The van der Waals surface area contributed by atoms with Crippen LogP contribution in [0, 0.1) is 5.41 Å². The molecule has 2 fully saturated rings. The van der Waals surface area contributed by atoms with E-state index < -0.39 is 0 Å². The molecule has 0 unspecified atom stereocenters. The summed E-state index contributed by atoms with van der Waals surface area (Å²) in [7, 11) is 3.33. The van der Waals surface area contributed by atoms with Crippen LogP contribution in [0.15, 0.2) is 6.07 Å². The summed E-state index contributed by atoms with van der Waals surface area (Å²) in [5.74, 6) is 0.408. The first kappa shape index (κ1) is 18.2. The third-order valence-corrected chi connectivity index (χ3v) is 5.12. The molecule has 2 saturated heterocycles. The zero-order chi connectivity index (χ0) is 17.7. The van der Waals surface area contributed by atoms with E-state index in [-0.39, 0.29) is 11.3 Å². The number of ether oxygens (including phenoxy) is 3. The van der Waals surface area contributed by atoms with Crippen LogP contribution in [-0.4, -0.2) is 80.3 Å². The van der Waals surface area contributed by atoms with Crippen molar-refractivity contribution in [1.29, 1.82) is 0 Å². The van der Waals surface area contributed by atoms with Crippen molar-refractivity contribution in [2.45, 2.75) is 12.8 Å². The first-order valence-corrected chi connectivity index (χ1v) is 8.86. The molecule has 8 heteroatoms. The van der Waals surface area contributed by atoms with Crippen molar-refractivity contribution in [2.75, 3.05) is 59.7 Å². The lowest BCUT2D eigenvalue weighted by Gasteiger charge is -2.42. The summed E-state index contributed by atoms with van der Waals surface area (Å²) in [5.41, 5.74) is 0.428. The molecule has 1 aromatic rings. The van der Waals surface area contributed by atoms with Crippen LogP contribution in [0.5, 0.6) is 5.88 Å². The fraction of sp³-hybridized carbons (Fsp3) is 0.765. The molecule has 1 N–H and O–H groups in total. The Hall–Kier alpha value is -1.64. The van der Waals surface area contributed by atoms with Crippen LogP contribution in [0.25, 0.3) is 0 Å². The van der Waals surface area contributed by atoms with E-state index >= 15 is 0 Å². The largest absolute Gasteiger partial charge is 0.481 e. The number of nitrogens with zero attached hydrogens (tertiary/aromatic N) is 3. The molecule has 1 aromatic heterocycles. The second-order valence-electron chi connectivity index (χ2n) is 6.88. The van der Waals surface area contributed by atoms with Gasteiger partial charge in [0.15, 0.2) is 5.69 Å². The smallest absolute Gasteiger partial charge is 0.271 e. The maximum Gasteiger partial charge on any atom is 0.271 e. The lowest BCUT2D eigenvalue weighted by atomic mass is 9.79. The summed E-state index contributed by atoms with van der Waals surface area (Å²) in [5, 5.41) is 7.29. The van der Waals surface area contributed by atoms with E-state index in [1.54, 1.807) is 24.9 Å². The average molecular weight is 352 g/mol. The van der Waals surface area contributed by atoms with Crippen molar-refractivity contribution in [3.8, 4) is 5.88 Å². The predicted octanol–water partition coefficient (Wildman–Crippen LogP) is 0.288. The molecule has 2 aliphatic heterocycles. The normalized spacial score (nSPS) is 21.0. The Morgan fingerprint density at radius 3 is 2.60 bits per heavy atom. The van der Waals surface area contributed by atoms with Crippen molar-refractivity contribution < 1.29 is 19.0 Å². The predicted molar refractivity (Wildman–Crippen MR) is 91.8 cm³/mol. The SMILES string of the molecule is COc1cc(C(=O)NCC2(CN3CCOCC3)CCOCC2)nn1C. The first-order valence-electron chi connectivity index (χ1n) is 8.86. The Labute approximate surface area is 148 Å². The van der Waals surface area contributed by atoms with Crippen molar-refractivity contribution in [1.82, 2.24) is 20.0 Å². The topological polar surface area (TPSA) is 77.8 Å². The Balaban J connectivity index is 1.62. The van der Waals surface area contributed by atoms with Gasteiger partial charge in [-0.25, -0.2) is 4.68 Å². The highest BCUT2D eigenvalue weighted by Crippen LogP contribution is 2.31. The zero-order valence-electron chi connectivity index (χ0n) is 15.1. The maximum atomic E-state index is 12.5. The second kappa shape index (κ2) is 8.16. The highest BCUT2D eigenvalue weighted by Gasteiger charge is 2.35. The van der Waals surface area contributed by atoms with Crippen LogP contribution in [0.1, 0.15) is 23.3 Å². The van der Waals surface area contributed by atoms with E-state index in [4.69, 9.17) is 14.2 Å². The Kier molecular flexibility index (Phi) is 5.93. The van der Waals surface area contributed by atoms with E-state index in [0.717, 1.165) is 58.9 Å². The van der Waals surface area contributed by atoms with Gasteiger partial charge in [0.2, 0.25) is 5.88 Å². The number of morpholine rings is 1. The van der Waals surface area contributed by atoms with Crippen LogP contribution in [-0.2, 0) is 16.5 Å². The van der Waals surface area contributed by atoms with Gasteiger partial charge >= 0.3 is 0 Å². The molecule has 2 aliphatic rings. The third kappa shape index (κ3) is 4.50. The quantitative estimate of drug-likeness (QED) is 0.793. The standard InChI is InChI=1S/C17H28N4O4/c1-20-15(23-2)11-14(19-20)16(22)18-12-17(3-7-24-8-4-17)13-21-5-9-25-10-6-21/h11H,3-10,12-13H2,1-2H3,(H,18,22). The van der Waals surface area contributed by atoms with E-state index in [1.807, 2.05) is 0 Å². The van der Waals surface area contributed by atoms with Crippen LogP contribution in [0.2, 0.25) is 0 Å². The number of hydrogen-bond donors (Lipinski definition) is 1. The highest BCUT2D eigenvalue weighted by molar-refractivity contribution is 5.92. The van der Waals surface area contributed by atoms with Gasteiger partial charge in [0.05, 0.1) is 20.3 Å². The number of amides is 1. The molecule has 0 spiro atoms. The number of aryl methyl sites for hydroxylation is 1. The van der Waals surface area contributed by atoms with Gasteiger partial charge in [0.25, 0.3) is 5.91 Å². The molecule has 1 amide bonds. The van der Waals surface area contributed by atoms with Gasteiger partial charge in [-0.05, 0) is 12.8 Å². The van der Waals surface area contributed by atoms with Crippen molar-refractivity contribution in [3.05, 3.63) is 11.8 Å². The molecule has 3 heterocycles. The van der Waals surface area contributed by atoms with E-state index in [2.05, 4.69) is 15.3 Å². The number of rotatable bonds is 6. The van der Waals surface area contributed by atoms with Crippen molar-refractivity contribution in [2.24, 2.45) is 12.5 Å². The third-order valence-electron chi connectivity index (χ3n) is 5.12. The highest BCUT2D eigenvalue weighted by atomic mass is 16.5. The Morgan fingerprint density at radius 2 is 1.96 bits per heavy atom. The summed E-state index contributed by atoms with van der Waals surface area (Å²) in [6.45, 7) is 6.56. The van der Waals surface area contributed by atoms with Gasteiger partial charge < -0.3 is 19.5 Å². The molecule has 0 aromatic carbocycles. The Bertz CT molecular complexity index is 577. The summed E-state index contributed by atoms with van der Waals surface area (Å²) < 4.78 is 17.7. The molecule has 0 atom stereocenters. The minimum absolute atomic E-state index is 0.0458. The molecule has 0 saturated carbocycles. The maximum absolute atomic E-state index is 12.5. The number of nitrogens with one attached hydrogen (secondary N) is 1. The first-order chi connectivity index (χ1) is 12.1. The summed E-state index contributed by atoms with van der Waals surface area (Å²) >= 11 is 0. The fourth-order valence-corrected chi connectivity index (χ4v) is 3.54. The van der Waals surface area contributed by atoms with Crippen LogP contribution >= 0.6 is 0 Å². The number of aromatic nitrogens is 2. The molecule has 25 heavy (non-hydrogen) atoms. The van der Waals surface area contributed by atoms with Gasteiger partial charge in [-0.1, -0.05) is 0 Å². The molecular weight excluding hydrogens is 324 g/mol. The Morgan fingerprint density at radius 1 is 1.28 bits per heavy atom. The molecule has 0 bridgehead atoms. The van der Waals surface area contributed by atoms with E-state index in [0.29, 0.717) is 18.1 Å². The molecule has 140 valence electrons. The van der Waals surface area contributed by atoms with Gasteiger partial charge in [-0.2, -0.15) is 5.10 Å². The van der Waals surface area contributed by atoms with E-state index in [9.17, 15) is 4.79 Å². The van der Waals surface area contributed by atoms with Gasteiger partial charge in [-0.15, -0.1) is 0 Å². The second-order valence-corrected chi connectivity index (χ2v) is 6.88. The minimum Gasteiger partial charge on any atom is -0.481 e. The monoisotopic (exact) mass is 352 g/mol. The summed E-state index contributed by atoms with van der Waals surface area (Å²) in [4.78, 5) is 14.9. The van der Waals surface area contributed by atoms with Gasteiger partial charge in [-0.3, -0.25) is 9.69 Å². The van der Waals surface area contributed by atoms with Crippen LogP contribution in [0.4, 0.5) is 0 Å².